The molecule has 0 aliphatic rings. The first-order valence-corrected chi connectivity index (χ1v) is 7.23. The number of aromatic nitrogens is 2. The molecule has 1 aromatic rings. The Labute approximate surface area is 96.6 Å². The fourth-order valence-electron chi connectivity index (χ4n) is 1.53. The van der Waals surface area contributed by atoms with Gasteiger partial charge in [-0.25, -0.2) is 13.4 Å². The minimum Gasteiger partial charge on any atom is -0.333 e. The van der Waals surface area contributed by atoms with Gasteiger partial charge >= 0.3 is 0 Å². The molecular weight excluding hydrogens is 226 g/mol. The number of nitrogens with two attached hydrogens (primary N) is 1. The number of aryl methyl sites for hydroxylation is 1. The Morgan fingerprint density at radius 3 is 2.62 bits per heavy atom. The zero-order valence-electron chi connectivity index (χ0n) is 9.97. The van der Waals surface area contributed by atoms with Gasteiger partial charge in [-0.3, -0.25) is 0 Å². The number of hydrogen-bond donors (Lipinski definition) is 1. The van der Waals surface area contributed by atoms with Crippen LogP contribution < -0.4 is 5.73 Å². The van der Waals surface area contributed by atoms with E-state index in [0.717, 1.165) is 5.69 Å². The number of sulfone groups is 1. The summed E-state index contributed by atoms with van der Waals surface area (Å²) in [6, 6.07) is 0. The number of hydrogen-bond acceptors (Lipinski definition) is 4. The van der Waals surface area contributed by atoms with Gasteiger partial charge in [-0.15, -0.1) is 0 Å². The normalized spacial score (nSPS) is 13.0. The van der Waals surface area contributed by atoms with Crippen LogP contribution in [0.5, 0.6) is 0 Å². The summed E-state index contributed by atoms with van der Waals surface area (Å²) in [5.41, 5.74) is 6.44. The Hall–Kier alpha value is -0.880. The van der Waals surface area contributed by atoms with Crippen LogP contribution in [0.2, 0.25) is 0 Å². The van der Waals surface area contributed by atoms with Gasteiger partial charge in [-0.05, 0) is 20.3 Å². The number of nitrogens with zero attached hydrogens (tertiary/aromatic N) is 2. The van der Waals surface area contributed by atoms with Crippen LogP contribution in [0.3, 0.4) is 0 Å². The molecule has 0 aliphatic heterocycles. The molecule has 6 heteroatoms. The number of rotatable bonds is 5. The van der Waals surface area contributed by atoms with E-state index in [1.165, 1.54) is 6.26 Å². The first-order chi connectivity index (χ1) is 7.20. The molecule has 0 atom stereocenters. The van der Waals surface area contributed by atoms with Gasteiger partial charge in [-0.1, -0.05) is 0 Å². The highest BCUT2D eigenvalue weighted by molar-refractivity contribution is 7.90. The molecule has 2 N–H and O–H groups in total. The van der Waals surface area contributed by atoms with Gasteiger partial charge < -0.3 is 10.3 Å². The van der Waals surface area contributed by atoms with Crippen LogP contribution in [0.25, 0.3) is 0 Å². The highest BCUT2D eigenvalue weighted by atomic mass is 32.2. The second-order valence-corrected chi connectivity index (χ2v) is 6.94. The summed E-state index contributed by atoms with van der Waals surface area (Å²) in [5, 5.41) is 0. The molecule has 0 unspecified atom stereocenters. The van der Waals surface area contributed by atoms with Crippen molar-refractivity contribution >= 4 is 9.84 Å². The minimum atomic E-state index is -2.89. The van der Waals surface area contributed by atoms with Crippen LogP contribution in [0.1, 0.15) is 26.0 Å². The molecule has 5 nitrogen and oxygen atoms in total. The molecule has 0 saturated heterocycles. The zero-order chi connectivity index (χ0) is 12.4. The van der Waals surface area contributed by atoms with Gasteiger partial charge in [0.2, 0.25) is 0 Å². The molecule has 0 aromatic carbocycles. The second-order valence-electron chi connectivity index (χ2n) is 4.68. The van der Waals surface area contributed by atoms with Crippen LogP contribution >= 0.6 is 0 Å². The van der Waals surface area contributed by atoms with Gasteiger partial charge in [0.05, 0.1) is 23.3 Å². The van der Waals surface area contributed by atoms with Crippen molar-refractivity contribution in [1.82, 2.24) is 9.55 Å². The molecule has 0 saturated carbocycles. The van der Waals surface area contributed by atoms with Crippen LogP contribution in [0.15, 0.2) is 12.5 Å². The van der Waals surface area contributed by atoms with Gasteiger partial charge in [0, 0.05) is 19.0 Å². The molecule has 16 heavy (non-hydrogen) atoms. The van der Waals surface area contributed by atoms with Crippen LogP contribution in [-0.2, 0) is 21.9 Å². The van der Waals surface area contributed by atoms with Crippen LogP contribution in [0.4, 0.5) is 0 Å². The Kier molecular flexibility index (Phi) is 3.75. The molecule has 0 aliphatic carbocycles. The summed E-state index contributed by atoms with van der Waals surface area (Å²) < 4.78 is 23.9. The van der Waals surface area contributed by atoms with Gasteiger partial charge in [-0.2, -0.15) is 0 Å². The third-order valence-corrected chi connectivity index (χ3v) is 3.32. The molecule has 1 rings (SSSR count). The minimum absolute atomic E-state index is 0.190. The van der Waals surface area contributed by atoms with E-state index < -0.39 is 15.4 Å². The first-order valence-electron chi connectivity index (χ1n) is 5.17. The first kappa shape index (κ1) is 13.2. The van der Waals surface area contributed by atoms with E-state index in [2.05, 4.69) is 4.98 Å². The quantitative estimate of drug-likeness (QED) is 0.820. The zero-order valence-corrected chi connectivity index (χ0v) is 10.8. The monoisotopic (exact) mass is 245 g/mol. The van der Waals surface area contributed by atoms with Crippen LogP contribution in [-0.4, -0.2) is 30.0 Å². The lowest BCUT2D eigenvalue weighted by Gasteiger charge is -2.20. The molecule has 0 radical (unpaired) electrons. The Morgan fingerprint density at radius 2 is 2.12 bits per heavy atom. The number of imidazole rings is 1. The largest absolute Gasteiger partial charge is 0.333 e. The van der Waals surface area contributed by atoms with Gasteiger partial charge in [0.1, 0.15) is 9.84 Å². The van der Waals surface area contributed by atoms with E-state index in [0.29, 0.717) is 13.0 Å². The molecule has 0 amide bonds. The molecule has 1 heterocycles. The van der Waals surface area contributed by atoms with Crippen molar-refractivity contribution in [2.24, 2.45) is 5.73 Å². The van der Waals surface area contributed by atoms with Crippen molar-refractivity contribution in [2.75, 3.05) is 12.0 Å². The summed E-state index contributed by atoms with van der Waals surface area (Å²) in [7, 11) is -2.89. The summed E-state index contributed by atoms with van der Waals surface area (Å²) in [6.07, 6.45) is 5.24. The molecule has 0 bridgehead atoms. The third kappa shape index (κ3) is 3.94. The molecule has 0 fully saturated rings. The van der Waals surface area contributed by atoms with E-state index in [1.54, 1.807) is 12.5 Å². The van der Waals surface area contributed by atoms with Crippen molar-refractivity contribution in [2.45, 2.75) is 32.4 Å². The summed E-state index contributed by atoms with van der Waals surface area (Å²) in [4.78, 5) is 4.04. The van der Waals surface area contributed by atoms with Crippen molar-refractivity contribution in [3.8, 4) is 0 Å². The van der Waals surface area contributed by atoms with Gasteiger partial charge in [0.15, 0.2) is 0 Å². The van der Waals surface area contributed by atoms with Crippen molar-refractivity contribution in [3.05, 3.63) is 18.2 Å². The fraction of sp³-hybridized carbons (Fsp3) is 0.700. The van der Waals surface area contributed by atoms with E-state index in [4.69, 9.17) is 5.73 Å². The lowest BCUT2D eigenvalue weighted by atomic mass is 10.0. The van der Waals surface area contributed by atoms with Crippen molar-refractivity contribution in [1.29, 1.82) is 0 Å². The maximum Gasteiger partial charge on any atom is 0.147 e. The van der Waals surface area contributed by atoms with E-state index in [1.807, 2.05) is 18.4 Å². The van der Waals surface area contributed by atoms with Crippen LogP contribution in [0, 0.1) is 0 Å². The predicted octanol–water partition coefficient (Wildman–Crippen LogP) is 0.512. The Balaban J connectivity index is 2.65. The molecule has 1 aromatic heterocycles. The smallest absolute Gasteiger partial charge is 0.147 e. The van der Waals surface area contributed by atoms with Crippen molar-refractivity contribution in [3.63, 3.8) is 0 Å². The third-order valence-electron chi connectivity index (χ3n) is 2.29. The van der Waals surface area contributed by atoms with Gasteiger partial charge in [0.25, 0.3) is 0 Å². The maximum absolute atomic E-state index is 11.0. The summed E-state index contributed by atoms with van der Waals surface area (Å²) in [6.45, 7) is 4.43. The fourth-order valence-corrected chi connectivity index (χ4v) is 2.19. The average molecular weight is 245 g/mol. The maximum atomic E-state index is 11.0. The molecular formula is C10H19N3O2S. The molecule has 0 spiro atoms. The SMILES string of the molecule is CC(C)(N)c1cncn1CCCS(C)(=O)=O. The predicted molar refractivity (Wildman–Crippen MR) is 63.8 cm³/mol. The Bertz CT molecular complexity index is 443. The lowest BCUT2D eigenvalue weighted by molar-refractivity contribution is 0.489. The highest BCUT2D eigenvalue weighted by Gasteiger charge is 2.18. The van der Waals surface area contributed by atoms with E-state index in [-0.39, 0.29) is 5.75 Å². The van der Waals surface area contributed by atoms with E-state index in [9.17, 15) is 8.42 Å². The van der Waals surface area contributed by atoms with E-state index >= 15 is 0 Å². The standard InChI is InChI=1S/C10H19N3O2S/c1-10(2,11)9-7-12-8-13(9)5-4-6-16(3,14)15/h7-8H,4-6,11H2,1-3H3. The molecule has 92 valence electrons. The highest BCUT2D eigenvalue weighted by Crippen LogP contribution is 2.16. The second kappa shape index (κ2) is 4.55. The van der Waals surface area contributed by atoms with Crippen molar-refractivity contribution < 1.29 is 8.42 Å². The summed E-state index contributed by atoms with van der Waals surface area (Å²) >= 11 is 0. The summed E-state index contributed by atoms with van der Waals surface area (Å²) in [5.74, 6) is 0.190. The average Bonchev–Trinajstić information content (AvgIpc) is 2.48. The Morgan fingerprint density at radius 1 is 1.50 bits per heavy atom. The topological polar surface area (TPSA) is 78.0 Å². The lowest BCUT2D eigenvalue weighted by Crippen LogP contribution is -2.31.